The number of carbonyl (C=O) groups excluding carboxylic acids is 2. The lowest BCUT2D eigenvalue weighted by atomic mass is 10.0. The summed E-state index contributed by atoms with van der Waals surface area (Å²) in [5.74, 6) is -1.49. The number of hydrogen-bond donors (Lipinski definition) is 2. The lowest BCUT2D eigenvalue weighted by Crippen LogP contribution is -2.44. The number of amides is 2. The molecule has 1 atom stereocenters. The Morgan fingerprint density at radius 3 is 2.37 bits per heavy atom. The van der Waals surface area contributed by atoms with Crippen LogP contribution in [0.25, 0.3) is 0 Å². The third-order valence-corrected chi connectivity index (χ3v) is 2.80. The summed E-state index contributed by atoms with van der Waals surface area (Å²) in [6, 6.07) is -0.392. The fraction of sp³-hybridized carbons (Fsp3) is 0.750. The molecule has 7 heteroatoms. The van der Waals surface area contributed by atoms with E-state index in [4.69, 9.17) is 5.11 Å². The number of aliphatic carboxylic acids is 1. The van der Waals surface area contributed by atoms with Gasteiger partial charge in [-0.05, 0) is 12.8 Å². The minimum Gasteiger partial charge on any atom is -0.481 e. The zero-order valence-corrected chi connectivity index (χ0v) is 11.6. The molecule has 0 aromatic rings. The van der Waals surface area contributed by atoms with E-state index in [2.05, 4.69) is 10.1 Å². The van der Waals surface area contributed by atoms with E-state index in [1.54, 1.807) is 6.92 Å². The molecule has 0 aliphatic heterocycles. The Hall–Kier alpha value is -1.79. The standard InChI is InChI=1S/C12H22N2O5/c1-4-9(6-10(15)16)7-13-12(18)14(5-2)8-11(17)19-3/h9H,4-8H2,1-3H3,(H,13,18)(H,15,16). The summed E-state index contributed by atoms with van der Waals surface area (Å²) < 4.78 is 4.49. The monoisotopic (exact) mass is 274 g/mol. The summed E-state index contributed by atoms with van der Waals surface area (Å²) in [6.07, 6.45) is 0.676. The first kappa shape index (κ1) is 17.2. The topological polar surface area (TPSA) is 95.9 Å². The number of urea groups is 1. The van der Waals surface area contributed by atoms with Gasteiger partial charge in [0.1, 0.15) is 6.54 Å². The maximum atomic E-state index is 11.8. The number of carbonyl (C=O) groups is 3. The fourth-order valence-corrected chi connectivity index (χ4v) is 1.50. The highest BCUT2D eigenvalue weighted by Gasteiger charge is 2.17. The van der Waals surface area contributed by atoms with Crippen molar-refractivity contribution < 1.29 is 24.2 Å². The van der Waals surface area contributed by atoms with Crippen LogP contribution in [0.3, 0.4) is 0 Å². The number of nitrogens with zero attached hydrogens (tertiary/aromatic N) is 1. The van der Waals surface area contributed by atoms with Crippen LogP contribution in [0.4, 0.5) is 4.79 Å². The molecule has 0 heterocycles. The Labute approximate surface area is 112 Å². The van der Waals surface area contributed by atoms with Crippen molar-refractivity contribution in [2.75, 3.05) is 26.7 Å². The predicted octanol–water partition coefficient (Wildman–Crippen LogP) is 0.692. The van der Waals surface area contributed by atoms with Gasteiger partial charge < -0.3 is 20.1 Å². The molecule has 19 heavy (non-hydrogen) atoms. The first-order valence-corrected chi connectivity index (χ1v) is 6.25. The first-order chi connectivity index (χ1) is 8.94. The van der Waals surface area contributed by atoms with Crippen LogP contribution in [0.1, 0.15) is 26.7 Å². The maximum absolute atomic E-state index is 11.8. The van der Waals surface area contributed by atoms with Gasteiger partial charge in [0.2, 0.25) is 0 Å². The highest BCUT2D eigenvalue weighted by Crippen LogP contribution is 2.06. The van der Waals surface area contributed by atoms with Gasteiger partial charge >= 0.3 is 18.0 Å². The smallest absolute Gasteiger partial charge is 0.325 e. The van der Waals surface area contributed by atoms with E-state index in [1.165, 1.54) is 12.0 Å². The van der Waals surface area contributed by atoms with E-state index in [-0.39, 0.29) is 25.4 Å². The number of rotatable bonds is 8. The van der Waals surface area contributed by atoms with Gasteiger partial charge in [-0.3, -0.25) is 9.59 Å². The van der Waals surface area contributed by atoms with Crippen LogP contribution in [0.5, 0.6) is 0 Å². The molecule has 0 aliphatic carbocycles. The normalized spacial score (nSPS) is 11.5. The second-order valence-corrected chi connectivity index (χ2v) is 4.15. The third kappa shape index (κ3) is 7.28. The Morgan fingerprint density at radius 1 is 1.32 bits per heavy atom. The Morgan fingerprint density at radius 2 is 1.95 bits per heavy atom. The average molecular weight is 274 g/mol. The first-order valence-electron chi connectivity index (χ1n) is 6.25. The second kappa shape index (κ2) is 9.18. The highest BCUT2D eigenvalue weighted by molar-refractivity contribution is 5.80. The second-order valence-electron chi connectivity index (χ2n) is 4.15. The molecule has 0 aromatic carbocycles. The van der Waals surface area contributed by atoms with Crippen molar-refractivity contribution in [1.82, 2.24) is 10.2 Å². The van der Waals surface area contributed by atoms with Crippen molar-refractivity contribution in [2.45, 2.75) is 26.7 Å². The number of methoxy groups -OCH3 is 1. The van der Waals surface area contributed by atoms with Gasteiger partial charge in [-0.2, -0.15) is 0 Å². The summed E-state index contributed by atoms with van der Waals surface area (Å²) in [5, 5.41) is 11.3. The van der Waals surface area contributed by atoms with E-state index in [9.17, 15) is 14.4 Å². The summed E-state index contributed by atoms with van der Waals surface area (Å²) >= 11 is 0. The number of likely N-dealkylation sites (N-methyl/N-ethyl adjacent to an activating group) is 1. The lowest BCUT2D eigenvalue weighted by molar-refractivity contribution is -0.141. The molecule has 0 saturated carbocycles. The van der Waals surface area contributed by atoms with Gasteiger partial charge in [-0.1, -0.05) is 13.3 Å². The summed E-state index contributed by atoms with van der Waals surface area (Å²) in [6.45, 7) is 4.15. The van der Waals surface area contributed by atoms with Crippen LogP contribution >= 0.6 is 0 Å². The summed E-state index contributed by atoms with van der Waals surface area (Å²) in [4.78, 5) is 34.8. The molecule has 0 spiro atoms. The number of ether oxygens (including phenoxy) is 1. The Balaban J connectivity index is 4.25. The SMILES string of the molecule is CCC(CNC(=O)N(CC)CC(=O)OC)CC(=O)O. The molecule has 0 aliphatic rings. The molecule has 0 fully saturated rings. The summed E-state index contributed by atoms with van der Waals surface area (Å²) in [5.41, 5.74) is 0. The minimum atomic E-state index is -0.886. The van der Waals surface area contributed by atoms with Crippen LogP contribution in [-0.2, 0) is 14.3 Å². The van der Waals surface area contributed by atoms with Crippen molar-refractivity contribution in [1.29, 1.82) is 0 Å². The van der Waals surface area contributed by atoms with E-state index in [0.29, 0.717) is 13.0 Å². The van der Waals surface area contributed by atoms with E-state index < -0.39 is 18.0 Å². The lowest BCUT2D eigenvalue weighted by Gasteiger charge is -2.21. The van der Waals surface area contributed by atoms with Gasteiger partial charge in [0.25, 0.3) is 0 Å². The van der Waals surface area contributed by atoms with E-state index >= 15 is 0 Å². The Kier molecular flexibility index (Phi) is 8.32. The van der Waals surface area contributed by atoms with Gasteiger partial charge in [-0.15, -0.1) is 0 Å². The van der Waals surface area contributed by atoms with Crippen molar-refractivity contribution in [3.8, 4) is 0 Å². The molecule has 0 saturated heterocycles. The highest BCUT2D eigenvalue weighted by atomic mass is 16.5. The van der Waals surface area contributed by atoms with Crippen molar-refractivity contribution in [3.63, 3.8) is 0 Å². The van der Waals surface area contributed by atoms with Gasteiger partial charge in [0.15, 0.2) is 0 Å². The minimum absolute atomic E-state index is 0.0138. The molecule has 110 valence electrons. The number of carboxylic acid groups (broad SMARTS) is 1. The number of esters is 1. The van der Waals surface area contributed by atoms with Gasteiger partial charge in [0.05, 0.1) is 7.11 Å². The number of nitrogens with one attached hydrogen (secondary N) is 1. The Bertz CT molecular complexity index is 319. The van der Waals surface area contributed by atoms with Crippen LogP contribution in [0.2, 0.25) is 0 Å². The van der Waals surface area contributed by atoms with Crippen LogP contribution in [0, 0.1) is 5.92 Å². The van der Waals surface area contributed by atoms with Gasteiger partial charge in [0, 0.05) is 19.5 Å². The number of carboxylic acids is 1. The molecule has 0 bridgehead atoms. The third-order valence-electron chi connectivity index (χ3n) is 2.80. The molecule has 0 radical (unpaired) electrons. The van der Waals surface area contributed by atoms with Crippen LogP contribution in [0.15, 0.2) is 0 Å². The summed E-state index contributed by atoms with van der Waals surface area (Å²) in [7, 11) is 1.26. The predicted molar refractivity (Wildman–Crippen MR) is 68.7 cm³/mol. The molecule has 0 rings (SSSR count). The van der Waals surface area contributed by atoms with Crippen molar-refractivity contribution in [3.05, 3.63) is 0 Å². The van der Waals surface area contributed by atoms with Crippen LogP contribution in [-0.4, -0.2) is 54.7 Å². The van der Waals surface area contributed by atoms with E-state index in [1.807, 2.05) is 6.92 Å². The average Bonchev–Trinajstić information content (AvgIpc) is 2.39. The zero-order valence-electron chi connectivity index (χ0n) is 11.6. The van der Waals surface area contributed by atoms with Crippen LogP contribution < -0.4 is 5.32 Å². The zero-order chi connectivity index (χ0) is 14.8. The molecule has 7 nitrogen and oxygen atoms in total. The van der Waals surface area contributed by atoms with Crippen molar-refractivity contribution in [2.24, 2.45) is 5.92 Å². The number of hydrogen-bond acceptors (Lipinski definition) is 4. The van der Waals surface area contributed by atoms with Gasteiger partial charge in [-0.25, -0.2) is 4.79 Å². The molecular weight excluding hydrogens is 252 g/mol. The maximum Gasteiger partial charge on any atom is 0.325 e. The fourth-order valence-electron chi connectivity index (χ4n) is 1.50. The molecule has 2 amide bonds. The molecular formula is C12H22N2O5. The van der Waals surface area contributed by atoms with Crippen molar-refractivity contribution >= 4 is 18.0 Å². The molecule has 0 aromatic heterocycles. The quantitative estimate of drug-likeness (QED) is 0.635. The molecule has 1 unspecified atom stereocenters. The van der Waals surface area contributed by atoms with E-state index in [0.717, 1.165) is 0 Å². The molecule has 2 N–H and O–H groups in total. The largest absolute Gasteiger partial charge is 0.481 e.